The second kappa shape index (κ2) is 6.78. The van der Waals surface area contributed by atoms with Gasteiger partial charge in [0.15, 0.2) is 0 Å². The molecule has 1 unspecified atom stereocenters. The Morgan fingerprint density at radius 2 is 2.05 bits per heavy atom. The number of carbonyl (C=O) groups excluding carboxylic acids is 1. The Bertz CT molecular complexity index is 464. The van der Waals surface area contributed by atoms with Crippen molar-refractivity contribution < 1.29 is 9.90 Å². The van der Waals surface area contributed by atoms with Crippen molar-refractivity contribution in [3.8, 4) is 5.75 Å². The maximum Gasteiger partial charge on any atom is 0.251 e. The van der Waals surface area contributed by atoms with Crippen LogP contribution in [0.25, 0.3) is 0 Å². The third-order valence-electron chi connectivity index (χ3n) is 4.43. The number of nitrogens with one attached hydrogen (secondary N) is 1. The molecule has 0 heterocycles. The summed E-state index contributed by atoms with van der Waals surface area (Å²) in [7, 11) is 0. The first-order valence-corrected chi connectivity index (χ1v) is 7.72. The molecule has 1 saturated carbocycles. The molecule has 2 N–H and O–H groups in total. The lowest BCUT2D eigenvalue weighted by atomic mass is 9.83. The van der Waals surface area contributed by atoms with E-state index in [1.807, 2.05) is 6.92 Å². The first-order chi connectivity index (χ1) is 9.61. The maximum atomic E-state index is 12.4. The van der Waals surface area contributed by atoms with Crippen molar-refractivity contribution in [1.82, 2.24) is 5.32 Å². The molecule has 1 aliphatic carbocycles. The zero-order valence-electron chi connectivity index (χ0n) is 12.5. The summed E-state index contributed by atoms with van der Waals surface area (Å²) in [6, 6.07) is 5.18. The molecule has 0 saturated heterocycles. The first kappa shape index (κ1) is 14.9. The van der Waals surface area contributed by atoms with Crippen molar-refractivity contribution in [2.24, 2.45) is 5.92 Å². The Balaban J connectivity index is 2.04. The molecule has 2 rings (SSSR count). The van der Waals surface area contributed by atoms with Gasteiger partial charge in [0.25, 0.3) is 5.91 Å². The van der Waals surface area contributed by atoms with Gasteiger partial charge in [-0.3, -0.25) is 4.79 Å². The number of amides is 1. The van der Waals surface area contributed by atoms with E-state index in [2.05, 4.69) is 12.2 Å². The Labute approximate surface area is 121 Å². The quantitative estimate of drug-likeness (QED) is 0.878. The van der Waals surface area contributed by atoms with Crippen LogP contribution in [0.2, 0.25) is 0 Å². The average molecular weight is 275 g/mol. The Hall–Kier alpha value is -1.51. The highest BCUT2D eigenvalue weighted by Crippen LogP contribution is 2.28. The average Bonchev–Trinajstić information content (AvgIpc) is 2.45. The first-order valence-electron chi connectivity index (χ1n) is 7.72. The number of aryl methyl sites for hydroxylation is 1. The monoisotopic (exact) mass is 275 g/mol. The minimum Gasteiger partial charge on any atom is -0.508 e. The lowest BCUT2D eigenvalue weighted by Crippen LogP contribution is -2.40. The van der Waals surface area contributed by atoms with Crippen LogP contribution in [0.3, 0.4) is 0 Å². The predicted molar refractivity (Wildman–Crippen MR) is 81.0 cm³/mol. The summed E-state index contributed by atoms with van der Waals surface area (Å²) in [5, 5.41) is 12.6. The van der Waals surface area contributed by atoms with Gasteiger partial charge in [-0.05, 0) is 55.9 Å². The van der Waals surface area contributed by atoms with Gasteiger partial charge in [0, 0.05) is 11.6 Å². The number of phenolic OH excluding ortho intramolecular Hbond substituents is 1. The normalized spacial score (nSPS) is 17.7. The van der Waals surface area contributed by atoms with E-state index in [9.17, 15) is 9.90 Å². The Morgan fingerprint density at radius 3 is 2.65 bits per heavy atom. The number of benzene rings is 1. The van der Waals surface area contributed by atoms with Gasteiger partial charge in [-0.1, -0.05) is 26.2 Å². The van der Waals surface area contributed by atoms with Crippen LogP contribution in [0.1, 0.15) is 61.4 Å². The van der Waals surface area contributed by atoms with E-state index in [1.165, 1.54) is 32.1 Å². The van der Waals surface area contributed by atoms with E-state index in [1.54, 1.807) is 18.2 Å². The Morgan fingerprint density at radius 1 is 1.35 bits per heavy atom. The van der Waals surface area contributed by atoms with Crippen molar-refractivity contribution in [2.45, 2.75) is 58.4 Å². The summed E-state index contributed by atoms with van der Waals surface area (Å²) in [6.07, 6.45) is 7.34. The highest BCUT2D eigenvalue weighted by molar-refractivity contribution is 5.96. The van der Waals surface area contributed by atoms with Crippen molar-refractivity contribution in [2.75, 3.05) is 0 Å². The van der Waals surface area contributed by atoms with E-state index in [-0.39, 0.29) is 17.7 Å². The van der Waals surface area contributed by atoms with Crippen LogP contribution in [0.4, 0.5) is 0 Å². The molecule has 1 aliphatic rings. The summed E-state index contributed by atoms with van der Waals surface area (Å²) < 4.78 is 0. The van der Waals surface area contributed by atoms with Gasteiger partial charge in [-0.25, -0.2) is 0 Å². The fourth-order valence-electron chi connectivity index (χ4n) is 3.24. The van der Waals surface area contributed by atoms with Gasteiger partial charge < -0.3 is 10.4 Å². The fraction of sp³-hybridized carbons (Fsp3) is 0.588. The van der Waals surface area contributed by atoms with Gasteiger partial charge in [0.1, 0.15) is 5.75 Å². The maximum absolute atomic E-state index is 12.4. The van der Waals surface area contributed by atoms with Crippen LogP contribution >= 0.6 is 0 Å². The molecule has 0 bridgehead atoms. The zero-order chi connectivity index (χ0) is 14.5. The minimum absolute atomic E-state index is 0.0140. The van der Waals surface area contributed by atoms with Crippen LogP contribution in [-0.2, 0) is 0 Å². The molecule has 0 aliphatic heterocycles. The number of aromatic hydroxyl groups is 1. The van der Waals surface area contributed by atoms with Crippen LogP contribution < -0.4 is 5.32 Å². The molecule has 3 nitrogen and oxygen atoms in total. The van der Waals surface area contributed by atoms with Crippen molar-refractivity contribution >= 4 is 5.91 Å². The third-order valence-corrected chi connectivity index (χ3v) is 4.43. The number of phenols is 1. The number of carbonyl (C=O) groups is 1. The van der Waals surface area contributed by atoms with Crippen molar-refractivity contribution in [1.29, 1.82) is 0 Å². The molecule has 0 spiro atoms. The van der Waals surface area contributed by atoms with Crippen molar-refractivity contribution in [3.05, 3.63) is 29.3 Å². The van der Waals surface area contributed by atoms with Crippen LogP contribution in [0, 0.1) is 12.8 Å². The number of rotatable bonds is 4. The third kappa shape index (κ3) is 3.53. The lowest BCUT2D eigenvalue weighted by molar-refractivity contribution is 0.0910. The molecule has 1 atom stereocenters. The molecule has 20 heavy (non-hydrogen) atoms. The van der Waals surface area contributed by atoms with Crippen LogP contribution in [0.15, 0.2) is 18.2 Å². The van der Waals surface area contributed by atoms with Gasteiger partial charge in [-0.2, -0.15) is 0 Å². The standard InChI is InChI=1S/C17H25NO2/c1-3-16(13-7-5-4-6-8-13)18-17(20)15-10-9-14(19)11-12(15)2/h9-11,13,16,19H,3-8H2,1-2H3,(H,18,20). The molecule has 0 aromatic heterocycles. The van der Waals surface area contributed by atoms with Crippen molar-refractivity contribution in [3.63, 3.8) is 0 Å². The molecule has 1 fully saturated rings. The van der Waals surface area contributed by atoms with Crippen LogP contribution in [-0.4, -0.2) is 17.1 Å². The minimum atomic E-state index is -0.0140. The summed E-state index contributed by atoms with van der Waals surface area (Å²) in [4.78, 5) is 12.4. The largest absolute Gasteiger partial charge is 0.508 e. The van der Waals surface area contributed by atoms with Gasteiger partial charge in [0.2, 0.25) is 0 Å². The highest BCUT2D eigenvalue weighted by Gasteiger charge is 2.24. The second-order valence-corrected chi connectivity index (χ2v) is 5.89. The molecule has 1 aromatic carbocycles. The Kier molecular flexibility index (Phi) is 5.05. The highest BCUT2D eigenvalue weighted by atomic mass is 16.3. The summed E-state index contributed by atoms with van der Waals surface area (Å²) >= 11 is 0. The molecular formula is C17H25NO2. The van der Waals surface area contributed by atoms with E-state index in [4.69, 9.17) is 0 Å². The summed E-state index contributed by atoms with van der Waals surface area (Å²) in [6.45, 7) is 4.00. The summed E-state index contributed by atoms with van der Waals surface area (Å²) in [5.74, 6) is 0.813. The topological polar surface area (TPSA) is 49.3 Å². The molecule has 1 amide bonds. The van der Waals surface area contributed by atoms with E-state index in [0.29, 0.717) is 11.5 Å². The zero-order valence-corrected chi connectivity index (χ0v) is 12.5. The van der Waals surface area contributed by atoms with E-state index in [0.717, 1.165) is 12.0 Å². The van der Waals surface area contributed by atoms with E-state index >= 15 is 0 Å². The smallest absolute Gasteiger partial charge is 0.251 e. The van der Waals surface area contributed by atoms with Gasteiger partial charge in [0.05, 0.1) is 0 Å². The van der Waals surface area contributed by atoms with Gasteiger partial charge >= 0.3 is 0 Å². The second-order valence-electron chi connectivity index (χ2n) is 5.89. The SMILES string of the molecule is CCC(NC(=O)c1ccc(O)cc1C)C1CCCCC1. The predicted octanol–water partition coefficient (Wildman–Crippen LogP) is 3.79. The molecule has 0 radical (unpaired) electrons. The van der Waals surface area contributed by atoms with Gasteiger partial charge in [-0.15, -0.1) is 0 Å². The number of hydrogen-bond acceptors (Lipinski definition) is 2. The molecule has 1 aromatic rings. The molecular weight excluding hydrogens is 250 g/mol. The fourth-order valence-corrected chi connectivity index (χ4v) is 3.24. The summed E-state index contributed by atoms with van der Waals surface area (Å²) in [5.41, 5.74) is 1.48. The number of hydrogen-bond donors (Lipinski definition) is 2. The van der Waals surface area contributed by atoms with Crippen LogP contribution in [0.5, 0.6) is 5.75 Å². The molecule has 3 heteroatoms. The molecule has 110 valence electrons. The van der Waals surface area contributed by atoms with E-state index < -0.39 is 0 Å². The lowest BCUT2D eigenvalue weighted by Gasteiger charge is -2.30.